The zero-order chi connectivity index (χ0) is 18.1. The zero-order valence-electron chi connectivity index (χ0n) is 15.0. The van der Waals surface area contributed by atoms with E-state index in [1.807, 2.05) is 43.3 Å². The molecule has 0 unspecified atom stereocenters. The van der Waals surface area contributed by atoms with E-state index >= 15 is 0 Å². The number of likely N-dealkylation sites (N-methyl/N-ethyl adjacent to an activating group) is 1. The summed E-state index contributed by atoms with van der Waals surface area (Å²) in [5, 5.41) is 10.7. The van der Waals surface area contributed by atoms with Gasteiger partial charge in [0.1, 0.15) is 11.6 Å². The van der Waals surface area contributed by atoms with Crippen LogP contribution >= 0.6 is 0 Å². The molecule has 1 saturated heterocycles. The fraction of sp³-hybridized carbons (Fsp3) is 0.316. The molecule has 134 valence electrons. The van der Waals surface area contributed by atoms with E-state index in [1.54, 1.807) is 0 Å². The molecular weight excluding hydrogens is 328 g/mol. The molecule has 3 aromatic rings. The van der Waals surface area contributed by atoms with Gasteiger partial charge in [-0.2, -0.15) is 5.10 Å². The van der Waals surface area contributed by atoms with Crippen molar-refractivity contribution in [1.82, 2.24) is 20.1 Å². The van der Waals surface area contributed by atoms with Crippen molar-refractivity contribution >= 4 is 28.4 Å². The van der Waals surface area contributed by atoms with Crippen LogP contribution in [0.1, 0.15) is 16.1 Å². The first-order valence-electron chi connectivity index (χ1n) is 8.77. The first kappa shape index (κ1) is 16.5. The van der Waals surface area contributed by atoms with Gasteiger partial charge < -0.3 is 15.1 Å². The van der Waals surface area contributed by atoms with Gasteiger partial charge in [0.05, 0.1) is 5.52 Å². The average molecular weight is 350 g/mol. The minimum absolute atomic E-state index is 0.261. The Morgan fingerprint density at radius 1 is 1.12 bits per heavy atom. The first-order chi connectivity index (χ1) is 12.6. The quantitative estimate of drug-likeness (QED) is 0.758. The number of nitrogens with one attached hydrogen (secondary N) is 2. The summed E-state index contributed by atoms with van der Waals surface area (Å²) in [6.07, 6.45) is 0. The van der Waals surface area contributed by atoms with E-state index in [-0.39, 0.29) is 5.91 Å². The molecule has 1 aromatic carbocycles. The summed E-state index contributed by atoms with van der Waals surface area (Å²) in [4.78, 5) is 21.9. The number of aromatic amines is 1. The van der Waals surface area contributed by atoms with E-state index in [2.05, 4.69) is 37.3 Å². The van der Waals surface area contributed by atoms with Crippen LogP contribution in [0.5, 0.6) is 0 Å². The number of carbonyl (C=O) groups excluding carboxylic acids is 1. The standard InChI is InChI=1S/C19H22N6O/c1-13-7-8-16(20-18(13)25-11-9-24(2)10-12-25)21-19(26)17-14-5-3-4-6-15(14)22-23-17/h3-8H,9-12H2,1-2H3,(H,22,23)(H,20,21,26). The number of rotatable bonds is 3. The maximum Gasteiger partial charge on any atom is 0.277 e. The van der Waals surface area contributed by atoms with Crippen LogP contribution in [0.3, 0.4) is 0 Å². The number of amides is 1. The van der Waals surface area contributed by atoms with Crippen molar-refractivity contribution in [3.05, 3.63) is 47.7 Å². The van der Waals surface area contributed by atoms with Crippen molar-refractivity contribution in [2.24, 2.45) is 0 Å². The summed E-state index contributed by atoms with van der Waals surface area (Å²) in [6.45, 7) is 5.94. The molecule has 26 heavy (non-hydrogen) atoms. The van der Waals surface area contributed by atoms with Crippen LogP contribution in [0.2, 0.25) is 0 Å². The predicted molar refractivity (Wildman–Crippen MR) is 103 cm³/mol. The van der Waals surface area contributed by atoms with Crippen LogP contribution in [-0.2, 0) is 0 Å². The maximum atomic E-state index is 12.7. The summed E-state index contributed by atoms with van der Waals surface area (Å²) in [5.41, 5.74) is 2.33. The van der Waals surface area contributed by atoms with Crippen LogP contribution in [0.15, 0.2) is 36.4 Å². The van der Waals surface area contributed by atoms with Gasteiger partial charge in [-0.1, -0.05) is 24.3 Å². The molecule has 1 amide bonds. The fourth-order valence-electron chi connectivity index (χ4n) is 3.24. The molecule has 1 fully saturated rings. The van der Waals surface area contributed by atoms with E-state index in [4.69, 9.17) is 0 Å². The van der Waals surface area contributed by atoms with Crippen molar-refractivity contribution in [2.45, 2.75) is 6.92 Å². The lowest BCUT2D eigenvalue weighted by Gasteiger charge is -2.34. The predicted octanol–water partition coefficient (Wildman–Crippen LogP) is 2.27. The van der Waals surface area contributed by atoms with Crippen molar-refractivity contribution in [1.29, 1.82) is 0 Å². The number of pyridine rings is 1. The van der Waals surface area contributed by atoms with Gasteiger partial charge in [0.25, 0.3) is 5.91 Å². The second-order valence-electron chi connectivity index (χ2n) is 6.70. The number of H-pyrrole nitrogens is 1. The van der Waals surface area contributed by atoms with Crippen LogP contribution < -0.4 is 10.2 Å². The van der Waals surface area contributed by atoms with Crippen LogP contribution in [0, 0.1) is 6.92 Å². The Bertz CT molecular complexity index is 942. The van der Waals surface area contributed by atoms with Crippen molar-refractivity contribution in [3.8, 4) is 0 Å². The molecule has 1 aliphatic rings. The number of nitrogens with zero attached hydrogens (tertiary/aromatic N) is 4. The topological polar surface area (TPSA) is 77.1 Å². The smallest absolute Gasteiger partial charge is 0.277 e. The normalized spacial score (nSPS) is 15.4. The van der Waals surface area contributed by atoms with Crippen LogP contribution in [-0.4, -0.2) is 59.2 Å². The third-order valence-electron chi connectivity index (χ3n) is 4.80. The number of anilines is 2. The highest BCUT2D eigenvalue weighted by molar-refractivity contribution is 6.10. The number of aromatic nitrogens is 3. The van der Waals surface area contributed by atoms with E-state index in [1.165, 1.54) is 0 Å². The molecule has 2 N–H and O–H groups in total. The molecular formula is C19H22N6O. The largest absolute Gasteiger partial charge is 0.354 e. The van der Waals surface area contributed by atoms with E-state index < -0.39 is 0 Å². The molecule has 7 heteroatoms. The Hall–Kier alpha value is -2.93. The van der Waals surface area contributed by atoms with Crippen molar-refractivity contribution in [2.75, 3.05) is 43.4 Å². The van der Waals surface area contributed by atoms with Crippen LogP contribution in [0.25, 0.3) is 10.9 Å². The Labute approximate surface area is 152 Å². The monoisotopic (exact) mass is 350 g/mol. The second kappa shape index (κ2) is 6.76. The van der Waals surface area contributed by atoms with Gasteiger partial charge in [0.15, 0.2) is 5.69 Å². The summed E-state index contributed by atoms with van der Waals surface area (Å²) in [5.74, 6) is 1.22. The molecule has 4 rings (SSSR count). The van der Waals surface area contributed by atoms with Gasteiger partial charge in [0.2, 0.25) is 0 Å². The van der Waals surface area contributed by atoms with Gasteiger partial charge in [-0.3, -0.25) is 9.89 Å². The minimum Gasteiger partial charge on any atom is -0.354 e. The summed E-state index contributed by atoms with van der Waals surface area (Å²) >= 11 is 0. The molecule has 0 spiro atoms. The highest BCUT2D eigenvalue weighted by Crippen LogP contribution is 2.22. The number of piperazine rings is 1. The number of hydrogen-bond donors (Lipinski definition) is 2. The van der Waals surface area contributed by atoms with Gasteiger partial charge in [0, 0.05) is 31.6 Å². The minimum atomic E-state index is -0.261. The number of fused-ring (bicyclic) bond motifs is 1. The third-order valence-corrected chi connectivity index (χ3v) is 4.80. The van der Waals surface area contributed by atoms with Gasteiger partial charge in [-0.05, 0) is 31.7 Å². The van der Waals surface area contributed by atoms with Gasteiger partial charge >= 0.3 is 0 Å². The number of hydrogen-bond acceptors (Lipinski definition) is 5. The van der Waals surface area contributed by atoms with E-state index in [9.17, 15) is 4.79 Å². The van der Waals surface area contributed by atoms with Gasteiger partial charge in [-0.25, -0.2) is 4.98 Å². The fourth-order valence-corrected chi connectivity index (χ4v) is 3.24. The SMILES string of the molecule is Cc1ccc(NC(=O)c2n[nH]c3ccccc23)nc1N1CCN(C)CC1. The lowest BCUT2D eigenvalue weighted by atomic mass is 10.2. The van der Waals surface area contributed by atoms with Crippen molar-refractivity contribution < 1.29 is 4.79 Å². The molecule has 3 heterocycles. The first-order valence-corrected chi connectivity index (χ1v) is 8.77. The van der Waals surface area contributed by atoms with E-state index in [0.29, 0.717) is 11.5 Å². The number of aryl methyl sites for hydroxylation is 1. The highest BCUT2D eigenvalue weighted by atomic mass is 16.2. The lowest BCUT2D eigenvalue weighted by molar-refractivity contribution is 0.102. The van der Waals surface area contributed by atoms with Crippen LogP contribution in [0.4, 0.5) is 11.6 Å². The summed E-state index contributed by atoms with van der Waals surface area (Å²) in [7, 11) is 2.13. The lowest BCUT2D eigenvalue weighted by Crippen LogP contribution is -2.45. The van der Waals surface area contributed by atoms with Gasteiger partial charge in [-0.15, -0.1) is 0 Å². The highest BCUT2D eigenvalue weighted by Gasteiger charge is 2.19. The van der Waals surface area contributed by atoms with E-state index in [0.717, 1.165) is 48.5 Å². The summed E-state index contributed by atoms with van der Waals surface area (Å²) < 4.78 is 0. The average Bonchev–Trinajstić information content (AvgIpc) is 3.08. The molecule has 2 aromatic heterocycles. The maximum absolute atomic E-state index is 12.7. The molecule has 0 radical (unpaired) electrons. The molecule has 1 aliphatic heterocycles. The Morgan fingerprint density at radius 2 is 1.88 bits per heavy atom. The number of benzene rings is 1. The molecule has 7 nitrogen and oxygen atoms in total. The molecule has 0 bridgehead atoms. The molecule has 0 aliphatic carbocycles. The number of carbonyl (C=O) groups is 1. The molecule has 0 saturated carbocycles. The third kappa shape index (κ3) is 3.13. The number of para-hydroxylation sites is 1. The Morgan fingerprint density at radius 3 is 2.69 bits per heavy atom. The Kier molecular flexibility index (Phi) is 4.30. The molecule has 0 atom stereocenters. The second-order valence-corrected chi connectivity index (χ2v) is 6.70. The van der Waals surface area contributed by atoms with Crippen molar-refractivity contribution in [3.63, 3.8) is 0 Å². The zero-order valence-corrected chi connectivity index (χ0v) is 15.0. The summed E-state index contributed by atoms with van der Waals surface area (Å²) in [6, 6.07) is 11.4. The Balaban J connectivity index is 1.56.